The number of benzene rings is 1. The number of carbonyl (C=O) groups is 1. The van der Waals surface area contributed by atoms with Crippen LogP contribution in [0.25, 0.3) is 0 Å². The summed E-state index contributed by atoms with van der Waals surface area (Å²) in [6, 6.07) is 9.07. The summed E-state index contributed by atoms with van der Waals surface area (Å²) in [4.78, 5) is 27.9. The second-order valence-corrected chi connectivity index (χ2v) is 5.89. The van der Waals surface area contributed by atoms with Gasteiger partial charge in [0.1, 0.15) is 17.4 Å². The molecule has 1 aliphatic rings. The van der Waals surface area contributed by atoms with E-state index < -0.39 is 18.1 Å². The minimum absolute atomic E-state index is 0.0278. The van der Waals surface area contributed by atoms with Gasteiger partial charge in [-0.3, -0.25) is 9.78 Å². The molecule has 7 nitrogen and oxygen atoms in total. The molecule has 26 heavy (non-hydrogen) atoms. The number of aromatic amines is 2. The monoisotopic (exact) mass is 373 g/mol. The number of rotatable bonds is 5. The number of carboxylic acids is 1. The van der Waals surface area contributed by atoms with Gasteiger partial charge in [0.05, 0.1) is 0 Å². The summed E-state index contributed by atoms with van der Waals surface area (Å²) in [7, 11) is 0. The molecular formula is C18H19N3O4S. The summed E-state index contributed by atoms with van der Waals surface area (Å²) in [5, 5.41) is 18.0. The third-order valence-electron chi connectivity index (χ3n) is 3.91. The SMILES string of the molecule is CC.N#Cc1c(C2CC2c2ccccc2OCC(=O)O)[nH]c(=S)[nH]c1=O. The van der Waals surface area contributed by atoms with E-state index in [0.717, 1.165) is 12.0 Å². The molecule has 1 aliphatic carbocycles. The number of hydrogen-bond acceptors (Lipinski definition) is 5. The Morgan fingerprint density at radius 3 is 2.69 bits per heavy atom. The van der Waals surface area contributed by atoms with E-state index in [-0.39, 0.29) is 22.2 Å². The molecule has 2 unspecified atom stereocenters. The predicted octanol–water partition coefficient (Wildman–Crippen LogP) is 3.06. The maximum absolute atomic E-state index is 11.9. The van der Waals surface area contributed by atoms with Gasteiger partial charge < -0.3 is 14.8 Å². The lowest BCUT2D eigenvalue weighted by molar-refractivity contribution is -0.139. The number of nitrogens with zero attached hydrogens (tertiary/aromatic N) is 1. The normalized spacial score (nSPS) is 17.4. The molecule has 2 aromatic rings. The van der Waals surface area contributed by atoms with Crippen LogP contribution in [-0.4, -0.2) is 27.7 Å². The molecule has 1 aromatic carbocycles. The van der Waals surface area contributed by atoms with Crippen molar-refractivity contribution < 1.29 is 14.6 Å². The molecule has 0 bridgehead atoms. The van der Waals surface area contributed by atoms with Crippen molar-refractivity contribution in [3.05, 3.63) is 56.2 Å². The molecule has 3 N–H and O–H groups in total. The first-order valence-corrected chi connectivity index (χ1v) is 8.62. The van der Waals surface area contributed by atoms with Crippen molar-refractivity contribution in [3.8, 4) is 11.8 Å². The van der Waals surface area contributed by atoms with Crippen molar-refractivity contribution in [2.24, 2.45) is 0 Å². The van der Waals surface area contributed by atoms with Crippen LogP contribution in [0.5, 0.6) is 5.75 Å². The van der Waals surface area contributed by atoms with Gasteiger partial charge in [-0.15, -0.1) is 0 Å². The van der Waals surface area contributed by atoms with Crippen molar-refractivity contribution in [2.45, 2.75) is 32.1 Å². The van der Waals surface area contributed by atoms with E-state index in [2.05, 4.69) is 9.97 Å². The van der Waals surface area contributed by atoms with E-state index >= 15 is 0 Å². The molecule has 0 saturated heterocycles. The summed E-state index contributed by atoms with van der Waals surface area (Å²) in [5.41, 5.74) is 0.897. The molecule has 1 saturated carbocycles. The van der Waals surface area contributed by atoms with Gasteiger partial charge in [-0.1, -0.05) is 32.0 Å². The van der Waals surface area contributed by atoms with E-state index in [1.165, 1.54) is 0 Å². The van der Waals surface area contributed by atoms with Crippen molar-refractivity contribution in [3.63, 3.8) is 0 Å². The average Bonchev–Trinajstić information content (AvgIpc) is 3.42. The molecule has 136 valence electrons. The Hall–Kier alpha value is -2.92. The van der Waals surface area contributed by atoms with Crippen LogP contribution in [0.15, 0.2) is 29.1 Å². The molecule has 2 atom stereocenters. The summed E-state index contributed by atoms with van der Waals surface area (Å²) in [6.45, 7) is 3.57. The Labute approximate surface area is 155 Å². The van der Waals surface area contributed by atoms with Crippen LogP contribution in [0.2, 0.25) is 0 Å². The summed E-state index contributed by atoms with van der Waals surface area (Å²) < 4.78 is 5.50. The lowest BCUT2D eigenvalue weighted by Gasteiger charge is -2.10. The number of ether oxygens (including phenoxy) is 1. The molecule has 0 spiro atoms. The minimum Gasteiger partial charge on any atom is -0.482 e. The van der Waals surface area contributed by atoms with Gasteiger partial charge >= 0.3 is 5.97 Å². The molecule has 1 aromatic heterocycles. The highest BCUT2D eigenvalue weighted by molar-refractivity contribution is 7.71. The van der Waals surface area contributed by atoms with Crippen molar-refractivity contribution >= 4 is 18.2 Å². The summed E-state index contributed by atoms with van der Waals surface area (Å²) in [5.74, 6) is -0.579. The van der Waals surface area contributed by atoms with Gasteiger partial charge in [-0.05, 0) is 36.2 Å². The number of H-pyrrole nitrogens is 2. The highest BCUT2D eigenvalue weighted by atomic mass is 32.1. The zero-order valence-corrected chi connectivity index (χ0v) is 15.2. The number of aliphatic carboxylic acids is 1. The molecule has 0 aliphatic heterocycles. The first-order chi connectivity index (χ1) is 12.5. The zero-order chi connectivity index (χ0) is 19.3. The summed E-state index contributed by atoms with van der Waals surface area (Å²) in [6.07, 6.45) is 0.719. The fraction of sp³-hybridized carbons (Fsp3) is 0.333. The van der Waals surface area contributed by atoms with E-state index in [1.54, 1.807) is 12.1 Å². The van der Waals surface area contributed by atoms with Crippen LogP contribution in [0.3, 0.4) is 0 Å². The van der Waals surface area contributed by atoms with Crippen molar-refractivity contribution in [1.82, 2.24) is 9.97 Å². The molecule has 0 amide bonds. The number of carboxylic acid groups (broad SMARTS) is 1. The first kappa shape index (κ1) is 19.4. The van der Waals surface area contributed by atoms with Gasteiger partial charge in [0.15, 0.2) is 11.4 Å². The van der Waals surface area contributed by atoms with Gasteiger partial charge in [-0.2, -0.15) is 5.26 Å². The lowest BCUT2D eigenvalue weighted by atomic mass is 10.0. The van der Waals surface area contributed by atoms with Crippen LogP contribution < -0.4 is 10.3 Å². The predicted molar refractivity (Wildman–Crippen MR) is 98.0 cm³/mol. The number of hydrogen-bond donors (Lipinski definition) is 3. The fourth-order valence-corrected chi connectivity index (χ4v) is 3.01. The second-order valence-electron chi connectivity index (χ2n) is 5.48. The van der Waals surface area contributed by atoms with Crippen molar-refractivity contribution in [2.75, 3.05) is 6.61 Å². The highest BCUT2D eigenvalue weighted by Gasteiger charge is 2.43. The Kier molecular flexibility index (Phi) is 6.31. The van der Waals surface area contributed by atoms with Crippen LogP contribution in [0.1, 0.15) is 48.9 Å². The fourth-order valence-electron chi connectivity index (χ4n) is 2.81. The van der Waals surface area contributed by atoms with Crippen LogP contribution in [0, 0.1) is 16.1 Å². The molecule has 0 radical (unpaired) electrons. The molecule has 3 rings (SSSR count). The number of nitrogens with one attached hydrogen (secondary N) is 2. The van der Waals surface area contributed by atoms with E-state index in [9.17, 15) is 14.9 Å². The standard InChI is InChI=1S/C16H13N3O4S.C2H6/c17-6-11-14(18-16(24)19-15(11)22)10-5-9(10)8-3-1-2-4-12(8)23-7-13(20)21;1-2/h1-4,9-10H,5,7H2,(H,20,21)(H2,18,19,22,24);1-2H3. The van der Waals surface area contributed by atoms with E-state index in [4.69, 9.17) is 22.1 Å². The molecule has 1 heterocycles. The Morgan fingerprint density at radius 2 is 2.04 bits per heavy atom. The van der Waals surface area contributed by atoms with Gasteiger partial charge in [0.25, 0.3) is 5.56 Å². The van der Waals surface area contributed by atoms with Crippen LogP contribution >= 0.6 is 12.2 Å². The Bertz CT molecular complexity index is 958. The smallest absolute Gasteiger partial charge is 0.341 e. The minimum atomic E-state index is -1.05. The number of para-hydroxylation sites is 1. The first-order valence-electron chi connectivity index (χ1n) is 8.21. The third-order valence-corrected chi connectivity index (χ3v) is 4.12. The third kappa shape index (κ3) is 4.18. The number of aromatic nitrogens is 2. The molecule has 8 heteroatoms. The van der Waals surface area contributed by atoms with Crippen LogP contribution in [-0.2, 0) is 4.79 Å². The summed E-state index contributed by atoms with van der Waals surface area (Å²) >= 11 is 4.98. The molecule has 1 fully saturated rings. The zero-order valence-electron chi connectivity index (χ0n) is 14.4. The van der Waals surface area contributed by atoms with E-state index in [0.29, 0.717) is 11.4 Å². The molecular weight excluding hydrogens is 354 g/mol. The maximum Gasteiger partial charge on any atom is 0.341 e. The highest BCUT2D eigenvalue weighted by Crippen LogP contribution is 2.56. The quantitative estimate of drug-likeness (QED) is 0.693. The van der Waals surface area contributed by atoms with Gasteiger partial charge in [-0.25, -0.2) is 4.79 Å². The number of nitriles is 1. The van der Waals surface area contributed by atoms with E-state index in [1.807, 2.05) is 32.0 Å². The van der Waals surface area contributed by atoms with Gasteiger partial charge in [0, 0.05) is 11.6 Å². The largest absolute Gasteiger partial charge is 0.482 e. The topological polar surface area (TPSA) is 119 Å². The average molecular weight is 373 g/mol. The van der Waals surface area contributed by atoms with Gasteiger partial charge in [0.2, 0.25) is 0 Å². The lowest BCUT2D eigenvalue weighted by Crippen LogP contribution is -2.15. The van der Waals surface area contributed by atoms with Crippen LogP contribution in [0.4, 0.5) is 0 Å². The maximum atomic E-state index is 11.9. The second kappa shape index (κ2) is 8.45. The van der Waals surface area contributed by atoms with Crippen molar-refractivity contribution in [1.29, 1.82) is 5.26 Å². The Balaban J connectivity index is 0.00000117. The Morgan fingerprint density at radius 1 is 1.35 bits per heavy atom.